The summed E-state index contributed by atoms with van der Waals surface area (Å²) in [6.07, 6.45) is 3.79. The van der Waals surface area contributed by atoms with Crippen LogP contribution in [0.25, 0.3) is 0 Å². The van der Waals surface area contributed by atoms with Gasteiger partial charge in [0.2, 0.25) is 5.75 Å². The van der Waals surface area contributed by atoms with Crippen molar-refractivity contribution in [3.8, 4) is 17.2 Å². The zero-order valence-electron chi connectivity index (χ0n) is 11.8. The van der Waals surface area contributed by atoms with Gasteiger partial charge in [-0.25, -0.2) is 0 Å². The number of carboxylic acids is 1. The molecule has 5 heteroatoms. The number of methoxy groups -OCH3 is 2. The van der Waals surface area contributed by atoms with Gasteiger partial charge in [-0.1, -0.05) is 25.3 Å². The maximum Gasteiger partial charge on any atom is 0.314 e. The molecule has 110 valence electrons. The van der Waals surface area contributed by atoms with Gasteiger partial charge in [0.15, 0.2) is 11.5 Å². The molecule has 2 rings (SSSR count). The molecular weight excluding hydrogens is 260 g/mol. The van der Waals surface area contributed by atoms with Crippen LogP contribution in [0.1, 0.15) is 37.7 Å². The van der Waals surface area contributed by atoms with Crippen molar-refractivity contribution >= 4 is 5.97 Å². The highest BCUT2D eigenvalue weighted by atomic mass is 16.5. The average Bonchev–Trinajstić information content (AvgIpc) is 2.47. The van der Waals surface area contributed by atoms with Gasteiger partial charge in [0.05, 0.1) is 19.6 Å². The molecule has 0 aromatic heterocycles. The number of aliphatic carboxylic acids is 1. The highest BCUT2D eigenvalue weighted by Gasteiger charge is 2.44. The molecule has 1 fully saturated rings. The Labute approximate surface area is 118 Å². The van der Waals surface area contributed by atoms with Gasteiger partial charge in [0.25, 0.3) is 0 Å². The van der Waals surface area contributed by atoms with Gasteiger partial charge < -0.3 is 19.7 Å². The lowest BCUT2D eigenvalue weighted by atomic mass is 9.69. The second-order valence-corrected chi connectivity index (χ2v) is 5.15. The molecule has 0 radical (unpaired) electrons. The first-order valence-electron chi connectivity index (χ1n) is 6.74. The van der Waals surface area contributed by atoms with E-state index in [1.165, 1.54) is 14.2 Å². The molecule has 0 heterocycles. The number of carboxylic acid groups (broad SMARTS) is 1. The quantitative estimate of drug-likeness (QED) is 0.886. The predicted molar refractivity (Wildman–Crippen MR) is 73.6 cm³/mol. The summed E-state index contributed by atoms with van der Waals surface area (Å²) in [5.41, 5.74) is -0.607. The number of rotatable bonds is 4. The SMILES string of the molecule is COc1ccc(C2(C(=O)O)CCCCC2)c(O)c1OC. The van der Waals surface area contributed by atoms with Gasteiger partial charge in [0.1, 0.15) is 0 Å². The van der Waals surface area contributed by atoms with Crippen molar-refractivity contribution in [3.63, 3.8) is 0 Å². The first kappa shape index (κ1) is 14.5. The summed E-state index contributed by atoms with van der Waals surface area (Å²) in [5, 5.41) is 20.1. The van der Waals surface area contributed by atoms with Crippen LogP contribution in [-0.4, -0.2) is 30.4 Å². The van der Waals surface area contributed by atoms with Crippen LogP contribution in [0.15, 0.2) is 12.1 Å². The molecule has 1 saturated carbocycles. The van der Waals surface area contributed by atoms with E-state index in [0.29, 0.717) is 24.2 Å². The molecule has 0 saturated heterocycles. The van der Waals surface area contributed by atoms with Crippen molar-refractivity contribution in [1.29, 1.82) is 0 Å². The van der Waals surface area contributed by atoms with Crippen molar-refractivity contribution in [2.75, 3.05) is 14.2 Å². The Morgan fingerprint density at radius 2 is 1.80 bits per heavy atom. The van der Waals surface area contributed by atoms with Crippen molar-refractivity contribution in [3.05, 3.63) is 17.7 Å². The van der Waals surface area contributed by atoms with E-state index in [1.54, 1.807) is 12.1 Å². The zero-order valence-corrected chi connectivity index (χ0v) is 11.8. The zero-order chi connectivity index (χ0) is 14.8. The van der Waals surface area contributed by atoms with Crippen LogP contribution in [0.2, 0.25) is 0 Å². The van der Waals surface area contributed by atoms with E-state index in [9.17, 15) is 15.0 Å². The van der Waals surface area contributed by atoms with Crippen molar-refractivity contribution in [2.45, 2.75) is 37.5 Å². The summed E-state index contributed by atoms with van der Waals surface area (Å²) in [7, 11) is 2.90. The number of ether oxygens (including phenoxy) is 2. The molecule has 1 aromatic rings. The van der Waals surface area contributed by atoms with Gasteiger partial charge in [-0.3, -0.25) is 4.79 Å². The fourth-order valence-electron chi connectivity index (χ4n) is 3.05. The number of aromatic hydroxyl groups is 1. The number of phenols is 1. The van der Waals surface area contributed by atoms with Crippen LogP contribution in [0.4, 0.5) is 0 Å². The van der Waals surface area contributed by atoms with Gasteiger partial charge in [-0.2, -0.15) is 0 Å². The first-order valence-corrected chi connectivity index (χ1v) is 6.74. The van der Waals surface area contributed by atoms with Crippen LogP contribution < -0.4 is 9.47 Å². The van der Waals surface area contributed by atoms with Crippen LogP contribution >= 0.6 is 0 Å². The molecule has 0 bridgehead atoms. The summed E-state index contributed by atoms with van der Waals surface area (Å²) >= 11 is 0. The fraction of sp³-hybridized carbons (Fsp3) is 0.533. The molecule has 1 aliphatic rings. The Hall–Kier alpha value is -1.91. The average molecular weight is 280 g/mol. The minimum absolute atomic E-state index is 0.129. The number of phenolic OH excluding ortho intramolecular Hbond substituents is 1. The van der Waals surface area contributed by atoms with E-state index in [2.05, 4.69) is 0 Å². The van der Waals surface area contributed by atoms with Crippen LogP contribution in [0.5, 0.6) is 17.2 Å². The number of benzene rings is 1. The third-order valence-corrected chi connectivity index (χ3v) is 4.15. The van der Waals surface area contributed by atoms with Gasteiger partial charge in [-0.15, -0.1) is 0 Å². The van der Waals surface area contributed by atoms with E-state index in [0.717, 1.165) is 19.3 Å². The van der Waals surface area contributed by atoms with E-state index in [4.69, 9.17) is 9.47 Å². The van der Waals surface area contributed by atoms with Gasteiger partial charge in [-0.05, 0) is 18.9 Å². The maximum absolute atomic E-state index is 11.8. The topological polar surface area (TPSA) is 76.0 Å². The lowest BCUT2D eigenvalue weighted by molar-refractivity contribution is -0.145. The molecule has 0 aliphatic heterocycles. The van der Waals surface area contributed by atoms with E-state index < -0.39 is 11.4 Å². The predicted octanol–water partition coefficient (Wildman–Crippen LogP) is 2.70. The van der Waals surface area contributed by atoms with Gasteiger partial charge in [0, 0.05) is 5.56 Å². The van der Waals surface area contributed by atoms with Crippen molar-refractivity contribution in [1.82, 2.24) is 0 Å². The molecule has 0 atom stereocenters. The van der Waals surface area contributed by atoms with Crippen LogP contribution in [-0.2, 0) is 10.2 Å². The normalized spacial score (nSPS) is 17.5. The highest BCUT2D eigenvalue weighted by Crippen LogP contribution is 2.48. The lowest BCUT2D eigenvalue weighted by Crippen LogP contribution is -2.37. The minimum Gasteiger partial charge on any atom is -0.504 e. The van der Waals surface area contributed by atoms with Crippen molar-refractivity contribution in [2.24, 2.45) is 0 Å². The molecule has 0 amide bonds. The molecule has 2 N–H and O–H groups in total. The summed E-state index contributed by atoms with van der Waals surface area (Å²) in [5.74, 6) is -0.433. The Kier molecular flexibility index (Phi) is 4.06. The summed E-state index contributed by atoms with van der Waals surface area (Å²) in [6, 6.07) is 3.28. The molecular formula is C15H20O5. The summed E-state index contributed by atoms with van der Waals surface area (Å²) in [4.78, 5) is 11.8. The summed E-state index contributed by atoms with van der Waals surface area (Å²) < 4.78 is 10.3. The second-order valence-electron chi connectivity index (χ2n) is 5.15. The Balaban J connectivity index is 2.57. The number of hydrogen-bond donors (Lipinski definition) is 2. The number of hydrogen-bond acceptors (Lipinski definition) is 4. The summed E-state index contributed by atoms with van der Waals surface area (Å²) in [6.45, 7) is 0. The molecule has 20 heavy (non-hydrogen) atoms. The van der Waals surface area contributed by atoms with Gasteiger partial charge >= 0.3 is 5.97 Å². The van der Waals surface area contributed by atoms with Crippen LogP contribution in [0, 0.1) is 0 Å². The lowest BCUT2D eigenvalue weighted by Gasteiger charge is -2.34. The minimum atomic E-state index is -1.03. The molecule has 0 unspecified atom stereocenters. The molecule has 5 nitrogen and oxygen atoms in total. The molecule has 1 aromatic carbocycles. The smallest absolute Gasteiger partial charge is 0.314 e. The Morgan fingerprint density at radius 3 is 2.30 bits per heavy atom. The second kappa shape index (κ2) is 5.61. The van der Waals surface area contributed by atoms with E-state index in [-0.39, 0.29) is 11.5 Å². The first-order chi connectivity index (χ1) is 9.56. The Bertz CT molecular complexity index is 503. The van der Waals surface area contributed by atoms with E-state index >= 15 is 0 Å². The fourth-order valence-corrected chi connectivity index (χ4v) is 3.05. The van der Waals surface area contributed by atoms with E-state index in [1.807, 2.05) is 0 Å². The van der Waals surface area contributed by atoms with Crippen molar-refractivity contribution < 1.29 is 24.5 Å². The highest BCUT2D eigenvalue weighted by molar-refractivity contribution is 5.83. The molecule has 1 aliphatic carbocycles. The standard InChI is InChI=1S/C15H20O5/c1-19-11-7-6-10(12(16)13(11)20-2)15(14(17)18)8-4-3-5-9-15/h6-7,16H,3-5,8-9H2,1-2H3,(H,17,18). The molecule has 0 spiro atoms. The van der Waals surface area contributed by atoms with Crippen LogP contribution in [0.3, 0.4) is 0 Å². The largest absolute Gasteiger partial charge is 0.504 e. The Morgan fingerprint density at radius 1 is 1.15 bits per heavy atom. The maximum atomic E-state index is 11.8. The monoisotopic (exact) mass is 280 g/mol. The third-order valence-electron chi connectivity index (χ3n) is 4.15. The third kappa shape index (κ3) is 2.17. The number of carbonyl (C=O) groups is 1.